The van der Waals surface area contributed by atoms with Crippen LogP contribution in [0.5, 0.6) is 0 Å². The zero-order chi connectivity index (χ0) is 22.1. The van der Waals surface area contributed by atoms with Crippen LogP contribution >= 0.6 is 0 Å². The minimum atomic E-state index is -0.0300. The van der Waals surface area contributed by atoms with E-state index >= 15 is 0 Å². The summed E-state index contributed by atoms with van der Waals surface area (Å²) in [6.07, 6.45) is 7.81. The molecule has 0 aromatic carbocycles. The fourth-order valence-electron chi connectivity index (χ4n) is 4.24. The average molecular weight is 429 g/mol. The molecule has 2 aliphatic rings. The zero-order valence-electron chi connectivity index (χ0n) is 18.8. The van der Waals surface area contributed by atoms with Crippen LogP contribution in [0.2, 0.25) is 0 Å². The monoisotopic (exact) mass is 428 g/mol. The van der Waals surface area contributed by atoms with E-state index in [-0.39, 0.29) is 24.4 Å². The van der Waals surface area contributed by atoms with E-state index < -0.39 is 0 Å². The van der Waals surface area contributed by atoms with Gasteiger partial charge in [0.15, 0.2) is 5.96 Å². The predicted molar refractivity (Wildman–Crippen MR) is 122 cm³/mol. The number of aromatic nitrogens is 1. The molecule has 2 N–H and O–H groups in total. The molecule has 8 nitrogen and oxygen atoms in total. The van der Waals surface area contributed by atoms with Gasteiger partial charge in [0.1, 0.15) is 6.54 Å². The summed E-state index contributed by atoms with van der Waals surface area (Å²) in [7, 11) is 1.80. The fraction of sp³-hybridized carbons (Fsp3) is 0.652. The molecule has 0 spiro atoms. The summed E-state index contributed by atoms with van der Waals surface area (Å²) >= 11 is 0. The molecule has 1 aliphatic carbocycles. The maximum absolute atomic E-state index is 12.7. The van der Waals surface area contributed by atoms with Gasteiger partial charge in [-0.1, -0.05) is 18.9 Å². The van der Waals surface area contributed by atoms with Crippen LogP contribution in [0.1, 0.15) is 44.7 Å². The van der Waals surface area contributed by atoms with Crippen molar-refractivity contribution in [3.05, 3.63) is 30.1 Å². The van der Waals surface area contributed by atoms with Crippen LogP contribution in [0.3, 0.4) is 0 Å². The largest absolute Gasteiger partial charge is 0.357 e. The summed E-state index contributed by atoms with van der Waals surface area (Å²) in [4.78, 5) is 37.6. The lowest BCUT2D eigenvalue weighted by Crippen LogP contribution is -2.46. The van der Waals surface area contributed by atoms with Crippen molar-refractivity contribution >= 4 is 17.8 Å². The van der Waals surface area contributed by atoms with E-state index in [1.54, 1.807) is 18.1 Å². The molecule has 1 atom stereocenters. The van der Waals surface area contributed by atoms with E-state index in [9.17, 15) is 9.59 Å². The third kappa shape index (κ3) is 6.94. The molecule has 1 saturated carbocycles. The summed E-state index contributed by atoms with van der Waals surface area (Å²) < 4.78 is 0. The molecule has 1 saturated heterocycles. The van der Waals surface area contributed by atoms with Crippen LogP contribution in [0, 0.1) is 5.92 Å². The number of nitrogens with one attached hydrogen (secondary N) is 2. The summed E-state index contributed by atoms with van der Waals surface area (Å²) in [5, 5.41) is 6.62. The smallest absolute Gasteiger partial charge is 0.244 e. The van der Waals surface area contributed by atoms with Crippen molar-refractivity contribution in [2.45, 2.75) is 51.5 Å². The van der Waals surface area contributed by atoms with E-state index in [4.69, 9.17) is 0 Å². The molecule has 8 heteroatoms. The van der Waals surface area contributed by atoms with Crippen LogP contribution < -0.4 is 10.6 Å². The Kier molecular flexibility index (Phi) is 8.67. The third-order valence-corrected chi connectivity index (χ3v) is 6.12. The zero-order valence-corrected chi connectivity index (χ0v) is 18.8. The lowest BCUT2D eigenvalue weighted by atomic mass is 10.1. The molecule has 31 heavy (non-hydrogen) atoms. The molecule has 2 fully saturated rings. The van der Waals surface area contributed by atoms with Gasteiger partial charge < -0.3 is 20.4 Å². The number of carbonyl (C=O) groups is 2. The minimum absolute atomic E-state index is 0.0300. The Labute approximate surface area is 185 Å². The van der Waals surface area contributed by atoms with Crippen LogP contribution in [0.25, 0.3) is 0 Å². The Morgan fingerprint density at radius 1 is 1.26 bits per heavy atom. The first kappa shape index (κ1) is 23.0. The maximum atomic E-state index is 12.7. The number of likely N-dealkylation sites (tertiary alicyclic amines) is 1. The molecule has 3 rings (SSSR count). The van der Waals surface area contributed by atoms with Crippen molar-refractivity contribution in [2.75, 3.05) is 39.8 Å². The molecular weight excluding hydrogens is 392 g/mol. The number of amides is 2. The highest BCUT2D eigenvalue weighted by Crippen LogP contribution is 2.27. The standard InChI is InChI=1S/C23H36N6O2/c1-3-24-23(26-16-21(30)28(2)14-11-19-10-6-7-13-25-19)27-20-12-15-29(17-20)22(31)18-8-4-5-9-18/h6-7,10,13,18,20H,3-5,8-9,11-12,14-17H2,1-2H3,(H2,24,26,27). The normalized spacial score (nSPS) is 19.5. The first-order chi connectivity index (χ1) is 15.1. The van der Waals surface area contributed by atoms with Crippen molar-refractivity contribution in [2.24, 2.45) is 10.9 Å². The van der Waals surface area contributed by atoms with Gasteiger partial charge in [0.2, 0.25) is 11.8 Å². The molecule has 2 heterocycles. The Morgan fingerprint density at radius 3 is 2.77 bits per heavy atom. The number of carbonyl (C=O) groups excluding carboxylic acids is 2. The number of hydrogen-bond donors (Lipinski definition) is 2. The fourth-order valence-corrected chi connectivity index (χ4v) is 4.24. The minimum Gasteiger partial charge on any atom is -0.357 e. The number of pyridine rings is 1. The number of guanidine groups is 1. The highest BCUT2D eigenvalue weighted by atomic mass is 16.2. The van der Waals surface area contributed by atoms with Gasteiger partial charge in [-0.3, -0.25) is 14.6 Å². The van der Waals surface area contributed by atoms with Gasteiger partial charge in [-0.15, -0.1) is 0 Å². The number of aliphatic imine (C=N–C) groups is 1. The van der Waals surface area contributed by atoms with E-state index in [1.165, 1.54) is 12.8 Å². The molecule has 1 aromatic rings. The maximum Gasteiger partial charge on any atom is 0.244 e. The van der Waals surface area contributed by atoms with E-state index in [2.05, 4.69) is 20.6 Å². The van der Waals surface area contributed by atoms with Crippen molar-refractivity contribution in [1.29, 1.82) is 0 Å². The topological polar surface area (TPSA) is 89.9 Å². The quantitative estimate of drug-likeness (QED) is 0.483. The second kappa shape index (κ2) is 11.7. The Balaban J connectivity index is 1.45. The van der Waals surface area contributed by atoms with Gasteiger partial charge in [0.05, 0.1) is 0 Å². The SMILES string of the molecule is CCNC(=NCC(=O)N(C)CCc1ccccn1)NC1CCN(C(=O)C2CCCC2)C1. The van der Waals surface area contributed by atoms with Gasteiger partial charge in [-0.05, 0) is 38.3 Å². The number of likely N-dealkylation sites (N-methyl/N-ethyl adjacent to an activating group) is 1. The van der Waals surface area contributed by atoms with Crippen molar-refractivity contribution in [3.8, 4) is 0 Å². The first-order valence-electron chi connectivity index (χ1n) is 11.5. The highest BCUT2D eigenvalue weighted by molar-refractivity contribution is 5.85. The van der Waals surface area contributed by atoms with Crippen LogP contribution in [0.15, 0.2) is 29.4 Å². The lowest BCUT2D eigenvalue weighted by molar-refractivity contribution is -0.134. The summed E-state index contributed by atoms with van der Waals surface area (Å²) in [5.41, 5.74) is 0.971. The van der Waals surface area contributed by atoms with Crippen molar-refractivity contribution < 1.29 is 9.59 Å². The van der Waals surface area contributed by atoms with Gasteiger partial charge in [-0.2, -0.15) is 0 Å². The van der Waals surface area contributed by atoms with Gasteiger partial charge in [0.25, 0.3) is 0 Å². The highest BCUT2D eigenvalue weighted by Gasteiger charge is 2.32. The predicted octanol–water partition coefficient (Wildman–Crippen LogP) is 1.43. The summed E-state index contributed by atoms with van der Waals surface area (Å²) in [6, 6.07) is 5.97. The molecule has 170 valence electrons. The number of rotatable bonds is 8. The molecule has 1 aliphatic heterocycles. The summed E-state index contributed by atoms with van der Waals surface area (Å²) in [5.74, 6) is 1.14. The van der Waals surface area contributed by atoms with E-state index in [0.29, 0.717) is 31.5 Å². The van der Waals surface area contributed by atoms with E-state index in [1.807, 2.05) is 30.0 Å². The number of hydrogen-bond acceptors (Lipinski definition) is 4. The Bertz CT molecular complexity index is 748. The van der Waals surface area contributed by atoms with Gasteiger partial charge in [-0.25, -0.2) is 4.99 Å². The third-order valence-electron chi connectivity index (χ3n) is 6.12. The number of nitrogens with zero attached hydrogens (tertiary/aromatic N) is 4. The van der Waals surface area contributed by atoms with Crippen molar-refractivity contribution in [3.63, 3.8) is 0 Å². The van der Waals surface area contributed by atoms with Gasteiger partial charge in [0, 0.05) is 63.5 Å². The molecule has 2 amide bonds. The Morgan fingerprint density at radius 2 is 2.06 bits per heavy atom. The molecule has 0 radical (unpaired) electrons. The molecule has 1 aromatic heterocycles. The first-order valence-corrected chi connectivity index (χ1v) is 11.5. The van der Waals surface area contributed by atoms with E-state index in [0.717, 1.165) is 37.9 Å². The molecule has 0 bridgehead atoms. The van der Waals surface area contributed by atoms with Crippen LogP contribution in [-0.4, -0.2) is 78.4 Å². The van der Waals surface area contributed by atoms with Gasteiger partial charge >= 0.3 is 0 Å². The average Bonchev–Trinajstić information content (AvgIpc) is 3.48. The van der Waals surface area contributed by atoms with Crippen LogP contribution in [-0.2, 0) is 16.0 Å². The molecule has 1 unspecified atom stereocenters. The second-order valence-corrected chi connectivity index (χ2v) is 8.48. The second-order valence-electron chi connectivity index (χ2n) is 8.48. The Hall–Kier alpha value is -2.64. The van der Waals surface area contributed by atoms with Crippen molar-refractivity contribution in [1.82, 2.24) is 25.4 Å². The molecular formula is C23H36N6O2. The summed E-state index contributed by atoms with van der Waals surface area (Å²) in [6.45, 7) is 4.91. The lowest BCUT2D eigenvalue weighted by Gasteiger charge is -2.21. The van der Waals surface area contributed by atoms with Crippen LogP contribution in [0.4, 0.5) is 0 Å².